The van der Waals surface area contributed by atoms with E-state index in [0.717, 1.165) is 18.4 Å². The Kier molecular flexibility index (Phi) is 6.79. The van der Waals surface area contributed by atoms with Gasteiger partial charge in [-0.25, -0.2) is 4.79 Å². The number of aromatic nitrogens is 1. The van der Waals surface area contributed by atoms with E-state index in [0.29, 0.717) is 23.2 Å². The number of rotatable bonds is 4. The summed E-state index contributed by atoms with van der Waals surface area (Å²) in [5.74, 6) is -2.73. The molecule has 1 aliphatic carbocycles. The van der Waals surface area contributed by atoms with Crippen molar-refractivity contribution in [3.05, 3.63) is 64.9 Å². The zero-order valence-corrected chi connectivity index (χ0v) is 14.7. The number of aliphatic carboxylic acids is 1. The summed E-state index contributed by atoms with van der Waals surface area (Å²) >= 11 is 6.19. The SMILES string of the molecule is O=C(O)C(F)(F)F.O=C(c1cccnc1)N(Cc1ccccc1Cl)C1CC1. The molecular formula is C18H16ClF3N2O3. The Balaban J connectivity index is 0.000000321. The van der Waals surface area contributed by atoms with E-state index < -0.39 is 12.1 Å². The quantitative estimate of drug-likeness (QED) is 0.836. The van der Waals surface area contributed by atoms with Gasteiger partial charge in [-0.2, -0.15) is 13.2 Å². The molecule has 0 atom stereocenters. The van der Waals surface area contributed by atoms with Gasteiger partial charge in [0.05, 0.1) is 5.56 Å². The average Bonchev–Trinajstić information content (AvgIpc) is 3.46. The molecule has 27 heavy (non-hydrogen) atoms. The molecule has 0 spiro atoms. The van der Waals surface area contributed by atoms with Crippen molar-refractivity contribution < 1.29 is 27.9 Å². The molecule has 1 aliphatic rings. The average molecular weight is 401 g/mol. The third-order valence-corrected chi connectivity index (χ3v) is 4.07. The van der Waals surface area contributed by atoms with Crippen LogP contribution in [-0.4, -0.2) is 39.1 Å². The van der Waals surface area contributed by atoms with Gasteiger partial charge < -0.3 is 10.0 Å². The molecule has 0 radical (unpaired) electrons. The minimum atomic E-state index is -5.08. The van der Waals surface area contributed by atoms with E-state index in [1.165, 1.54) is 0 Å². The van der Waals surface area contributed by atoms with Crippen LogP contribution in [0.1, 0.15) is 28.8 Å². The van der Waals surface area contributed by atoms with Gasteiger partial charge in [-0.3, -0.25) is 9.78 Å². The molecule has 1 aromatic carbocycles. The third kappa shape index (κ3) is 6.25. The lowest BCUT2D eigenvalue weighted by molar-refractivity contribution is -0.192. The maximum atomic E-state index is 12.6. The fourth-order valence-corrected chi connectivity index (χ4v) is 2.41. The lowest BCUT2D eigenvalue weighted by atomic mass is 10.2. The summed E-state index contributed by atoms with van der Waals surface area (Å²) in [7, 11) is 0. The number of carbonyl (C=O) groups is 2. The van der Waals surface area contributed by atoms with Crippen molar-refractivity contribution in [2.24, 2.45) is 0 Å². The molecule has 1 saturated carbocycles. The van der Waals surface area contributed by atoms with Crippen LogP contribution < -0.4 is 0 Å². The van der Waals surface area contributed by atoms with Crippen molar-refractivity contribution in [3.63, 3.8) is 0 Å². The monoisotopic (exact) mass is 400 g/mol. The molecule has 1 N–H and O–H groups in total. The lowest BCUT2D eigenvalue weighted by Crippen LogP contribution is -2.32. The van der Waals surface area contributed by atoms with Gasteiger partial charge in [0.25, 0.3) is 5.91 Å². The molecule has 1 aromatic heterocycles. The molecule has 9 heteroatoms. The van der Waals surface area contributed by atoms with E-state index in [9.17, 15) is 18.0 Å². The zero-order valence-electron chi connectivity index (χ0n) is 14.0. The van der Waals surface area contributed by atoms with Gasteiger partial charge in [-0.1, -0.05) is 29.8 Å². The Labute approximate surface area is 158 Å². The van der Waals surface area contributed by atoms with E-state index >= 15 is 0 Å². The van der Waals surface area contributed by atoms with Crippen LogP contribution in [0.3, 0.4) is 0 Å². The number of carbonyl (C=O) groups excluding carboxylic acids is 1. The maximum Gasteiger partial charge on any atom is 0.490 e. The summed E-state index contributed by atoms with van der Waals surface area (Å²) in [6.45, 7) is 0.554. The standard InChI is InChI=1S/C16H15ClN2O.C2HF3O2/c17-15-6-2-1-4-13(15)11-19(14-7-8-14)16(20)12-5-3-9-18-10-12;3-2(4,5)1(6)7/h1-6,9-10,14H,7-8,11H2;(H,6,7). The number of halogens is 4. The minimum Gasteiger partial charge on any atom is -0.475 e. The Morgan fingerprint density at radius 2 is 1.81 bits per heavy atom. The summed E-state index contributed by atoms with van der Waals surface area (Å²) in [6, 6.07) is 11.6. The van der Waals surface area contributed by atoms with Gasteiger partial charge in [-0.15, -0.1) is 0 Å². The molecule has 0 bridgehead atoms. The topological polar surface area (TPSA) is 70.5 Å². The van der Waals surface area contributed by atoms with E-state index in [1.807, 2.05) is 29.2 Å². The first-order chi connectivity index (χ1) is 12.7. The Bertz CT molecular complexity index is 796. The molecule has 0 saturated heterocycles. The van der Waals surface area contributed by atoms with Crippen molar-refractivity contribution in [2.45, 2.75) is 31.6 Å². The van der Waals surface area contributed by atoms with E-state index in [1.54, 1.807) is 24.5 Å². The van der Waals surface area contributed by atoms with Crippen LogP contribution in [0.2, 0.25) is 5.02 Å². The first-order valence-electron chi connectivity index (χ1n) is 7.94. The molecule has 1 fully saturated rings. The van der Waals surface area contributed by atoms with Gasteiger partial charge in [0.2, 0.25) is 0 Å². The second-order valence-electron chi connectivity index (χ2n) is 5.80. The van der Waals surface area contributed by atoms with Gasteiger partial charge in [0.15, 0.2) is 0 Å². The highest BCUT2D eigenvalue weighted by Gasteiger charge is 2.38. The van der Waals surface area contributed by atoms with Gasteiger partial charge in [-0.05, 0) is 36.6 Å². The fourth-order valence-electron chi connectivity index (χ4n) is 2.22. The largest absolute Gasteiger partial charge is 0.490 e. The summed E-state index contributed by atoms with van der Waals surface area (Å²) in [4.78, 5) is 27.4. The molecule has 1 heterocycles. The molecule has 2 aromatic rings. The number of hydrogen-bond acceptors (Lipinski definition) is 3. The Morgan fingerprint density at radius 3 is 2.30 bits per heavy atom. The van der Waals surface area contributed by atoms with Crippen molar-refractivity contribution >= 4 is 23.5 Å². The molecule has 0 unspecified atom stereocenters. The summed E-state index contributed by atoms with van der Waals surface area (Å²) in [5, 5.41) is 7.83. The number of hydrogen-bond donors (Lipinski definition) is 1. The van der Waals surface area contributed by atoms with Crippen LogP contribution >= 0.6 is 11.6 Å². The predicted octanol–water partition coefficient (Wildman–Crippen LogP) is 4.17. The maximum absolute atomic E-state index is 12.6. The first kappa shape index (κ1) is 20.7. The molecular weight excluding hydrogens is 385 g/mol. The van der Waals surface area contributed by atoms with E-state index in [-0.39, 0.29) is 5.91 Å². The zero-order chi connectivity index (χ0) is 20.0. The molecule has 144 valence electrons. The van der Waals surface area contributed by atoms with Crippen LogP contribution in [0.5, 0.6) is 0 Å². The van der Waals surface area contributed by atoms with Gasteiger partial charge >= 0.3 is 12.1 Å². The molecule has 0 aliphatic heterocycles. The normalized spacial score (nSPS) is 13.3. The number of pyridine rings is 1. The third-order valence-electron chi connectivity index (χ3n) is 3.70. The number of carboxylic acids is 1. The number of nitrogens with zero attached hydrogens (tertiary/aromatic N) is 2. The van der Waals surface area contributed by atoms with Crippen LogP contribution in [0.25, 0.3) is 0 Å². The van der Waals surface area contributed by atoms with E-state index in [2.05, 4.69) is 4.98 Å². The second-order valence-corrected chi connectivity index (χ2v) is 6.21. The highest BCUT2D eigenvalue weighted by atomic mass is 35.5. The fraction of sp³-hybridized carbons (Fsp3) is 0.278. The predicted molar refractivity (Wildman–Crippen MR) is 92.3 cm³/mol. The van der Waals surface area contributed by atoms with Crippen molar-refractivity contribution in [3.8, 4) is 0 Å². The number of amides is 1. The van der Waals surface area contributed by atoms with Crippen LogP contribution in [0.15, 0.2) is 48.8 Å². The Morgan fingerprint density at radius 1 is 1.19 bits per heavy atom. The van der Waals surface area contributed by atoms with Crippen LogP contribution in [0.4, 0.5) is 13.2 Å². The molecule has 5 nitrogen and oxygen atoms in total. The van der Waals surface area contributed by atoms with Crippen molar-refractivity contribution in [2.75, 3.05) is 0 Å². The summed E-state index contributed by atoms with van der Waals surface area (Å²) < 4.78 is 31.7. The van der Waals surface area contributed by atoms with Crippen LogP contribution in [-0.2, 0) is 11.3 Å². The van der Waals surface area contributed by atoms with Crippen molar-refractivity contribution in [1.82, 2.24) is 9.88 Å². The lowest BCUT2D eigenvalue weighted by Gasteiger charge is -2.23. The molecule has 1 amide bonds. The second kappa shape index (κ2) is 8.85. The highest BCUT2D eigenvalue weighted by molar-refractivity contribution is 6.31. The first-order valence-corrected chi connectivity index (χ1v) is 8.32. The number of alkyl halides is 3. The minimum absolute atomic E-state index is 0.0283. The van der Waals surface area contributed by atoms with Crippen LogP contribution in [0, 0.1) is 0 Å². The van der Waals surface area contributed by atoms with Crippen molar-refractivity contribution in [1.29, 1.82) is 0 Å². The molecule has 3 rings (SSSR count). The van der Waals surface area contributed by atoms with Gasteiger partial charge in [0.1, 0.15) is 0 Å². The van der Waals surface area contributed by atoms with E-state index in [4.69, 9.17) is 21.5 Å². The number of carboxylic acid groups (broad SMARTS) is 1. The Hall–Kier alpha value is -2.61. The summed E-state index contributed by atoms with van der Waals surface area (Å²) in [5.41, 5.74) is 1.62. The summed E-state index contributed by atoms with van der Waals surface area (Å²) in [6.07, 6.45) is 0.337. The highest BCUT2D eigenvalue weighted by Crippen LogP contribution is 2.31. The smallest absolute Gasteiger partial charge is 0.475 e. The van der Waals surface area contributed by atoms with Gasteiger partial charge in [0, 0.05) is 30.0 Å². The number of benzene rings is 1.